The van der Waals surface area contributed by atoms with Crippen LogP contribution in [0, 0.1) is 35.6 Å². The van der Waals surface area contributed by atoms with E-state index in [9.17, 15) is 34.5 Å². The molecule has 1 heterocycles. The minimum absolute atomic E-state index is 0. The summed E-state index contributed by atoms with van der Waals surface area (Å²) in [5, 5.41) is 34.1. The maximum Gasteiger partial charge on any atom is 3.00 e. The Morgan fingerprint density at radius 1 is 0.605 bits per heavy atom. The second-order valence-electron chi connectivity index (χ2n) is 11.6. The van der Waals surface area contributed by atoms with Crippen LogP contribution in [0.25, 0.3) is 11.1 Å². The third-order valence-electron chi connectivity index (χ3n) is 8.26. The van der Waals surface area contributed by atoms with Crippen LogP contribution >= 0.6 is 0 Å². The molecule has 1 aliphatic carbocycles. The van der Waals surface area contributed by atoms with Crippen LogP contribution in [0.3, 0.4) is 0 Å². The molecule has 4 rings (SSSR count). The van der Waals surface area contributed by atoms with Gasteiger partial charge in [0.15, 0.2) is 5.78 Å². The predicted octanol–water partition coefficient (Wildman–Crippen LogP) is -2.35. The molecular weight excluding hydrogens is 679 g/mol. The van der Waals surface area contributed by atoms with Gasteiger partial charge < -0.3 is 29.7 Å². The smallest absolute Gasteiger partial charge is 0.549 e. The number of nitrogens with zero attached hydrogens (tertiary/aromatic N) is 4. The van der Waals surface area contributed by atoms with Gasteiger partial charge >= 0.3 is 35.6 Å². The van der Waals surface area contributed by atoms with E-state index in [0.717, 1.165) is 11.1 Å². The first-order valence-electron chi connectivity index (χ1n) is 14.2. The van der Waals surface area contributed by atoms with Crippen LogP contribution in [0.15, 0.2) is 42.5 Å². The molecule has 2 aliphatic rings. The molecule has 0 saturated carbocycles. The van der Waals surface area contributed by atoms with E-state index >= 15 is 0 Å². The standard InChI is InChI=1S/C31H40N4O7.La/c1-31(2)25-6-4-3-5-23(25)24-8-7-22(17-26(24)31)27(36)18-32-9-11-33(19-28(37)38)13-15-35(21-30(41)42)16-14-34(12-10-32)20-29(39)40;/h3-8,17H,9-16,18-21H2,1-2H3,(H,37,38)(H,39,40)(H,41,42);/q;+3/p-3. The molecule has 0 bridgehead atoms. The van der Waals surface area contributed by atoms with E-state index in [1.807, 2.05) is 35.2 Å². The van der Waals surface area contributed by atoms with Gasteiger partial charge in [-0.05, 0) is 28.3 Å². The summed E-state index contributed by atoms with van der Waals surface area (Å²) in [6.45, 7) is 5.62. The molecule has 0 atom stereocenters. The minimum atomic E-state index is -1.27. The second-order valence-corrected chi connectivity index (χ2v) is 11.6. The van der Waals surface area contributed by atoms with Crippen LogP contribution in [0.4, 0.5) is 0 Å². The number of ketones is 1. The van der Waals surface area contributed by atoms with Crippen molar-refractivity contribution < 1.29 is 70.1 Å². The van der Waals surface area contributed by atoms with Crippen LogP contribution < -0.4 is 15.3 Å². The zero-order valence-corrected chi connectivity index (χ0v) is 28.4. The first kappa shape index (κ1) is 35.0. The molecule has 1 fully saturated rings. The SMILES string of the molecule is CC1(C)c2ccccc2-c2ccc(C(=O)CN3CCN(CC(=O)[O-])CCN(CC(=O)[O-])CCN(CC(=O)[O-])CC3)cc21.[La+3]. The van der Waals surface area contributed by atoms with Crippen LogP contribution in [-0.2, 0) is 19.8 Å². The molecule has 2 aromatic rings. The summed E-state index contributed by atoms with van der Waals surface area (Å²) in [4.78, 5) is 54.5. The monoisotopic (exact) mass is 716 g/mol. The number of benzene rings is 2. The predicted molar refractivity (Wildman–Crippen MR) is 149 cm³/mol. The molecule has 1 aliphatic heterocycles. The zero-order chi connectivity index (χ0) is 30.4. The average molecular weight is 717 g/mol. The largest absolute Gasteiger partial charge is 3.00 e. The molecule has 0 spiro atoms. The third-order valence-corrected chi connectivity index (χ3v) is 8.26. The third kappa shape index (κ3) is 9.27. The zero-order valence-electron chi connectivity index (χ0n) is 24.8. The quantitative estimate of drug-likeness (QED) is 0.257. The Bertz CT molecular complexity index is 1300. The van der Waals surface area contributed by atoms with Crippen molar-refractivity contribution in [2.24, 2.45) is 0 Å². The summed E-state index contributed by atoms with van der Waals surface area (Å²) >= 11 is 0. The summed E-state index contributed by atoms with van der Waals surface area (Å²) < 4.78 is 0. The van der Waals surface area contributed by atoms with Gasteiger partial charge in [0, 0.05) is 83.0 Å². The number of hydrogen-bond donors (Lipinski definition) is 0. The first-order valence-corrected chi connectivity index (χ1v) is 14.2. The molecule has 226 valence electrons. The van der Waals surface area contributed by atoms with Crippen molar-refractivity contribution in [3.05, 3.63) is 59.2 Å². The maximum absolute atomic E-state index is 13.6. The Morgan fingerprint density at radius 3 is 1.44 bits per heavy atom. The maximum atomic E-state index is 13.6. The van der Waals surface area contributed by atoms with Crippen molar-refractivity contribution in [3.8, 4) is 11.1 Å². The Balaban J connectivity index is 0.00000506. The molecular formula is C31H37LaN4O7. The fourth-order valence-electron chi connectivity index (χ4n) is 5.93. The number of fused-ring (bicyclic) bond motifs is 3. The van der Waals surface area contributed by atoms with Crippen LogP contribution in [-0.4, -0.2) is 122 Å². The van der Waals surface area contributed by atoms with E-state index in [-0.39, 0.29) is 99.2 Å². The van der Waals surface area contributed by atoms with Gasteiger partial charge in [0.1, 0.15) is 0 Å². The van der Waals surface area contributed by atoms with E-state index in [2.05, 4.69) is 26.0 Å². The number of rotatable bonds is 9. The summed E-state index contributed by atoms with van der Waals surface area (Å²) in [5.74, 6) is -3.87. The number of carbonyl (C=O) groups excluding carboxylic acids is 4. The van der Waals surface area contributed by atoms with Gasteiger partial charge in [0.2, 0.25) is 0 Å². The van der Waals surface area contributed by atoms with Gasteiger partial charge in [0.25, 0.3) is 0 Å². The Kier molecular flexibility index (Phi) is 12.6. The van der Waals surface area contributed by atoms with Gasteiger partial charge in [-0.2, -0.15) is 0 Å². The van der Waals surface area contributed by atoms with Crippen LogP contribution in [0.5, 0.6) is 0 Å². The summed E-state index contributed by atoms with van der Waals surface area (Å²) in [6.07, 6.45) is 0. The van der Waals surface area contributed by atoms with E-state index in [1.54, 1.807) is 14.7 Å². The second kappa shape index (κ2) is 15.5. The molecule has 0 N–H and O–H groups in total. The van der Waals surface area contributed by atoms with Crippen molar-refractivity contribution in [3.63, 3.8) is 0 Å². The molecule has 43 heavy (non-hydrogen) atoms. The van der Waals surface area contributed by atoms with E-state index in [1.165, 1.54) is 11.1 Å². The number of hydrogen-bond acceptors (Lipinski definition) is 11. The summed E-state index contributed by atoms with van der Waals surface area (Å²) in [7, 11) is 0. The summed E-state index contributed by atoms with van der Waals surface area (Å²) in [6, 6.07) is 14.0. The van der Waals surface area contributed by atoms with Crippen molar-refractivity contribution in [2.75, 3.05) is 78.5 Å². The summed E-state index contributed by atoms with van der Waals surface area (Å²) in [5.41, 5.74) is 4.91. The Labute approximate surface area is 280 Å². The van der Waals surface area contributed by atoms with Crippen LogP contribution in [0.1, 0.15) is 35.3 Å². The van der Waals surface area contributed by atoms with Gasteiger partial charge in [-0.15, -0.1) is 0 Å². The Morgan fingerprint density at radius 2 is 1.00 bits per heavy atom. The molecule has 0 amide bonds. The van der Waals surface area contributed by atoms with Crippen molar-refractivity contribution in [1.82, 2.24) is 19.6 Å². The number of Topliss-reactive ketones (excluding diaryl/α,β-unsaturated/α-hetero) is 1. The average Bonchev–Trinajstić information content (AvgIpc) is 3.15. The van der Waals surface area contributed by atoms with E-state index in [4.69, 9.17) is 0 Å². The normalized spacial score (nSPS) is 18.4. The van der Waals surface area contributed by atoms with E-state index in [0.29, 0.717) is 31.7 Å². The van der Waals surface area contributed by atoms with Gasteiger partial charge in [-0.1, -0.05) is 50.2 Å². The molecule has 2 aromatic carbocycles. The molecule has 1 saturated heterocycles. The molecule has 0 aromatic heterocycles. The molecule has 11 nitrogen and oxygen atoms in total. The van der Waals surface area contributed by atoms with Gasteiger partial charge in [-0.25, -0.2) is 0 Å². The number of carboxylic acids is 3. The molecule has 0 radical (unpaired) electrons. The minimum Gasteiger partial charge on any atom is -0.549 e. The fraction of sp³-hybridized carbons (Fsp3) is 0.484. The number of carbonyl (C=O) groups is 4. The fourth-order valence-corrected chi connectivity index (χ4v) is 5.93. The number of carboxylic acid groups (broad SMARTS) is 3. The Hall–Kier alpha value is -2.45. The molecule has 0 unspecified atom stereocenters. The van der Waals surface area contributed by atoms with Gasteiger partial charge in [-0.3, -0.25) is 24.4 Å². The topological polar surface area (TPSA) is 150 Å². The molecule has 12 heteroatoms. The number of aliphatic carboxylic acids is 3. The first-order chi connectivity index (χ1) is 19.9. The van der Waals surface area contributed by atoms with Crippen molar-refractivity contribution in [2.45, 2.75) is 19.3 Å². The van der Waals surface area contributed by atoms with E-state index < -0.39 is 17.9 Å². The van der Waals surface area contributed by atoms with Crippen LogP contribution in [0.2, 0.25) is 0 Å². The van der Waals surface area contributed by atoms with Crippen molar-refractivity contribution in [1.29, 1.82) is 0 Å². The van der Waals surface area contributed by atoms with Crippen molar-refractivity contribution >= 4 is 23.7 Å². The van der Waals surface area contributed by atoms with Gasteiger partial charge in [0.05, 0.1) is 24.5 Å².